The lowest BCUT2D eigenvalue weighted by molar-refractivity contribution is -0.167. The van der Waals surface area contributed by atoms with Crippen LogP contribution < -0.4 is 0 Å². The van der Waals surface area contributed by atoms with E-state index in [0.717, 1.165) is 103 Å². The summed E-state index contributed by atoms with van der Waals surface area (Å²) >= 11 is 0. The van der Waals surface area contributed by atoms with Gasteiger partial charge in [0.1, 0.15) is 13.2 Å². The van der Waals surface area contributed by atoms with Crippen LogP contribution in [0.25, 0.3) is 0 Å². The number of ether oxygens (including phenoxy) is 3. The minimum atomic E-state index is -0.775. The lowest BCUT2D eigenvalue weighted by Crippen LogP contribution is -2.30. The summed E-state index contributed by atoms with van der Waals surface area (Å²) in [6.45, 7) is 6.46. The molecular weight excluding hydrogens is 925 g/mol. The molecule has 0 aromatic rings. The van der Waals surface area contributed by atoms with Crippen molar-refractivity contribution in [2.45, 2.75) is 335 Å². The Kier molecular flexibility index (Phi) is 60.7. The van der Waals surface area contributed by atoms with Crippen molar-refractivity contribution in [1.29, 1.82) is 0 Å². The van der Waals surface area contributed by atoms with Crippen LogP contribution >= 0.6 is 0 Å². The minimum Gasteiger partial charge on any atom is -0.462 e. The van der Waals surface area contributed by atoms with Crippen LogP contribution in [0.3, 0.4) is 0 Å². The average molecular weight is 1050 g/mol. The first-order valence-corrected chi connectivity index (χ1v) is 32.4. The van der Waals surface area contributed by atoms with E-state index >= 15 is 0 Å². The Morgan fingerprint density at radius 2 is 0.520 bits per heavy atom. The van der Waals surface area contributed by atoms with Gasteiger partial charge >= 0.3 is 17.9 Å². The molecule has 0 radical (unpaired) electrons. The molecule has 6 nitrogen and oxygen atoms in total. The molecule has 1 unspecified atom stereocenters. The summed E-state index contributed by atoms with van der Waals surface area (Å²) in [5.74, 6) is -0.885. The van der Waals surface area contributed by atoms with Crippen LogP contribution in [0.2, 0.25) is 0 Å². The molecule has 0 fully saturated rings. The molecule has 0 saturated heterocycles. The van der Waals surface area contributed by atoms with Crippen molar-refractivity contribution < 1.29 is 28.6 Å². The molecule has 0 aromatic carbocycles. The third-order valence-electron chi connectivity index (χ3n) is 14.2. The highest BCUT2D eigenvalue weighted by atomic mass is 16.6. The molecule has 0 N–H and O–H groups in total. The summed E-state index contributed by atoms with van der Waals surface area (Å²) in [6, 6.07) is 0. The van der Waals surface area contributed by atoms with Gasteiger partial charge in [-0.05, 0) is 89.9 Å². The van der Waals surface area contributed by atoms with Crippen LogP contribution in [0, 0.1) is 0 Å². The van der Waals surface area contributed by atoms with Crippen molar-refractivity contribution in [2.24, 2.45) is 0 Å². The van der Waals surface area contributed by atoms with Gasteiger partial charge in [0.15, 0.2) is 6.10 Å². The topological polar surface area (TPSA) is 78.9 Å². The fraction of sp³-hybridized carbons (Fsp3) is 0.783. The first-order chi connectivity index (χ1) is 37.0. The highest BCUT2D eigenvalue weighted by Crippen LogP contribution is 2.17. The minimum absolute atomic E-state index is 0.0759. The second-order valence-electron chi connectivity index (χ2n) is 21.6. The quantitative estimate of drug-likeness (QED) is 0.0261. The maximum absolute atomic E-state index is 12.8. The molecule has 0 bridgehead atoms. The molecule has 0 spiro atoms. The molecule has 1 atom stereocenters. The molecule has 0 heterocycles. The van der Waals surface area contributed by atoms with E-state index in [0.29, 0.717) is 19.3 Å². The van der Waals surface area contributed by atoms with Crippen molar-refractivity contribution >= 4 is 17.9 Å². The monoisotopic (exact) mass is 1050 g/mol. The van der Waals surface area contributed by atoms with E-state index in [4.69, 9.17) is 14.2 Å². The van der Waals surface area contributed by atoms with E-state index in [9.17, 15) is 14.4 Å². The van der Waals surface area contributed by atoms with E-state index in [1.54, 1.807) is 0 Å². The van der Waals surface area contributed by atoms with Gasteiger partial charge in [-0.1, -0.05) is 293 Å². The molecule has 0 saturated carbocycles. The number of allylic oxidation sites excluding steroid dienone is 12. The number of hydrogen-bond donors (Lipinski definition) is 0. The van der Waals surface area contributed by atoms with Crippen LogP contribution in [0.15, 0.2) is 72.9 Å². The third-order valence-corrected chi connectivity index (χ3v) is 14.2. The fourth-order valence-corrected chi connectivity index (χ4v) is 9.35. The van der Waals surface area contributed by atoms with E-state index < -0.39 is 6.10 Å². The third kappa shape index (κ3) is 61.6. The Bertz CT molecular complexity index is 1390. The van der Waals surface area contributed by atoms with E-state index in [2.05, 4.69) is 93.7 Å². The first-order valence-electron chi connectivity index (χ1n) is 32.4. The normalized spacial score (nSPS) is 12.5. The highest BCUT2D eigenvalue weighted by Gasteiger charge is 2.19. The molecule has 0 aliphatic rings. The van der Waals surface area contributed by atoms with Crippen molar-refractivity contribution in [3.8, 4) is 0 Å². The number of carbonyl (C=O) groups excluding carboxylic acids is 3. The second-order valence-corrected chi connectivity index (χ2v) is 21.6. The second kappa shape index (κ2) is 63.4. The maximum atomic E-state index is 12.8. The van der Waals surface area contributed by atoms with Gasteiger partial charge in [-0.2, -0.15) is 0 Å². The molecule has 0 aliphatic heterocycles. The molecule has 75 heavy (non-hydrogen) atoms. The Hall–Kier alpha value is -3.15. The molecule has 0 aromatic heterocycles. The summed E-state index contributed by atoms with van der Waals surface area (Å²) in [5.41, 5.74) is 0. The summed E-state index contributed by atoms with van der Waals surface area (Å²) in [5, 5.41) is 0. The SMILES string of the molecule is CC/C=C\C/C=C\C/C=C\C/C=C\CCCCCCCCCCC(=O)OC(COC(=O)CCCCCCC)COC(=O)CCCCCCCCCCCCCCCCCCCCC/C=C\C/C=C\CCCCCCC. The van der Waals surface area contributed by atoms with Crippen LogP contribution in [-0.4, -0.2) is 37.2 Å². The van der Waals surface area contributed by atoms with Gasteiger partial charge in [0.05, 0.1) is 0 Å². The molecular formula is C69H122O6. The van der Waals surface area contributed by atoms with Crippen molar-refractivity contribution in [2.75, 3.05) is 13.2 Å². The summed E-state index contributed by atoms with van der Waals surface area (Å²) in [6.07, 6.45) is 82.6. The Labute approximate surface area is 465 Å². The van der Waals surface area contributed by atoms with E-state index in [1.165, 1.54) is 186 Å². The van der Waals surface area contributed by atoms with Crippen molar-refractivity contribution in [1.82, 2.24) is 0 Å². The Morgan fingerprint density at radius 1 is 0.280 bits per heavy atom. The van der Waals surface area contributed by atoms with Crippen LogP contribution in [0.1, 0.15) is 329 Å². The predicted octanol–water partition coefficient (Wildman–Crippen LogP) is 22.1. The summed E-state index contributed by atoms with van der Waals surface area (Å²) in [4.78, 5) is 37.9. The van der Waals surface area contributed by atoms with Crippen molar-refractivity contribution in [3.63, 3.8) is 0 Å². The standard InChI is InChI=1S/C69H122O6/c1-4-7-10-13-15-17-19-21-23-25-27-29-30-31-32-33-34-35-36-37-38-40-41-43-45-47-49-51-53-56-59-62-68(71)74-65-66(64-73-67(70)61-58-55-12-9-6-3)75-69(72)63-60-57-54-52-50-48-46-44-42-39-28-26-24-22-20-18-16-14-11-8-5-2/h8,11,16,18-19,21-22,24-25,27-28,39,66H,4-7,9-10,12-15,17,20,23,26,29-38,40-65H2,1-3H3/b11-8-,18-16-,21-19-,24-22-,27-25-,39-28-. The smallest absolute Gasteiger partial charge is 0.306 e. The number of carbonyl (C=O) groups is 3. The highest BCUT2D eigenvalue weighted by molar-refractivity contribution is 5.71. The predicted molar refractivity (Wildman–Crippen MR) is 325 cm³/mol. The number of esters is 3. The van der Waals surface area contributed by atoms with Crippen LogP contribution in [0.5, 0.6) is 0 Å². The maximum Gasteiger partial charge on any atom is 0.306 e. The number of hydrogen-bond acceptors (Lipinski definition) is 6. The van der Waals surface area contributed by atoms with Crippen LogP contribution in [0.4, 0.5) is 0 Å². The van der Waals surface area contributed by atoms with Gasteiger partial charge in [0.25, 0.3) is 0 Å². The number of rotatable bonds is 59. The van der Waals surface area contributed by atoms with E-state index in [1.807, 2.05) is 0 Å². The van der Waals surface area contributed by atoms with Gasteiger partial charge in [0.2, 0.25) is 0 Å². The van der Waals surface area contributed by atoms with Crippen LogP contribution in [-0.2, 0) is 28.6 Å². The summed E-state index contributed by atoms with van der Waals surface area (Å²) in [7, 11) is 0. The Balaban J connectivity index is 3.97. The summed E-state index contributed by atoms with van der Waals surface area (Å²) < 4.78 is 16.8. The molecule has 0 rings (SSSR count). The van der Waals surface area contributed by atoms with Gasteiger partial charge in [0, 0.05) is 19.3 Å². The fourth-order valence-electron chi connectivity index (χ4n) is 9.35. The van der Waals surface area contributed by atoms with Gasteiger partial charge in [-0.15, -0.1) is 0 Å². The zero-order chi connectivity index (χ0) is 54.3. The zero-order valence-electron chi connectivity index (χ0n) is 49.8. The zero-order valence-corrected chi connectivity index (χ0v) is 49.8. The molecule has 6 heteroatoms. The molecule has 434 valence electrons. The average Bonchev–Trinajstić information content (AvgIpc) is 3.41. The number of unbranched alkanes of at least 4 members (excludes halogenated alkanes) is 36. The largest absolute Gasteiger partial charge is 0.462 e. The van der Waals surface area contributed by atoms with Crippen molar-refractivity contribution in [3.05, 3.63) is 72.9 Å². The Morgan fingerprint density at radius 3 is 0.813 bits per heavy atom. The molecule has 0 amide bonds. The van der Waals surface area contributed by atoms with Gasteiger partial charge in [-0.3, -0.25) is 14.4 Å². The lowest BCUT2D eigenvalue weighted by atomic mass is 10.0. The van der Waals surface area contributed by atoms with E-state index in [-0.39, 0.29) is 31.1 Å². The molecule has 0 aliphatic carbocycles. The first kappa shape index (κ1) is 71.8. The lowest BCUT2D eigenvalue weighted by Gasteiger charge is -2.18. The van der Waals surface area contributed by atoms with Gasteiger partial charge < -0.3 is 14.2 Å². The van der Waals surface area contributed by atoms with Gasteiger partial charge in [-0.25, -0.2) is 0 Å².